The Morgan fingerprint density at radius 1 is 1.23 bits per heavy atom. The van der Waals surface area contributed by atoms with Crippen LogP contribution in [0.1, 0.15) is 28.1 Å². The number of hydrogen-bond donors (Lipinski definition) is 1. The van der Waals surface area contributed by atoms with Crippen LogP contribution in [-0.2, 0) is 11.3 Å². The van der Waals surface area contributed by atoms with E-state index in [1.54, 1.807) is 6.07 Å². The Hall–Kier alpha value is -1.85. The van der Waals surface area contributed by atoms with Crippen molar-refractivity contribution >= 4 is 22.9 Å². The number of carbonyl (C=O) groups excluding carboxylic acids is 1. The van der Waals surface area contributed by atoms with Gasteiger partial charge < -0.3 is 15.4 Å². The molecule has 4 nitrogen and oxygen atoms in total. The molecule has 0 unspecified atom stereocenters. The highest BCUT2D eigenvalue weighted by Crippen LogP contribution is 2.23. The summed E-state index contributed by atoms with van der Waals surface area (Å²) in [5, 5.41) is 1.86. The van der Waals surface area contributed by atoms with E-state index in [9.17, 15) is 4.79 Å². The van der Waals surface area contributed by atoms with Crippen LogP contribution < -0.4 is 5.73 Å². The van der Waals surface area contributed by atoms with Crippen LogP contribution in [0.4, 0.5) is 5.69 Å². The van der Waals surface area contributed by atoms with Crippen LogP contribution in [0, 0.1) is 0 Å². The number of rotatable bonds is 4. The maximum atomic E-state index is 12.4. The third kappa shape index (κ3) is 3.48. The first-order valence-electron chi connectivity index (χ1n) is 7.52. The van der Waals surface area contributed by atoms with Crippen molar-refractivity contribution in [2.24, 2.45) is 0 Å². The summed E-state index contributed by atoms with van der Waals surface area (Å²) in [6.07, 6.45) is 1.98. The minimum atomic E-state index is 0.0500. The Kier molecular flexibility index (Phi) is 4.75. The number of amides is 1. The van der Waals surface area contributed by atoms with Gasteiger partial charge in [0.25, 0.3) is 5.91 Å². The van der Waals surface area contributed by atoms with E-state index >= 15 is 0 Å². The Morgan fingerprint density at radius 2 is 1.95 bits per heavy atom. The SMILES string of the molecule is Nc1ccsc1C(=O)N1CCC(OCc2ccccc2)CC1. The van der Waals surface area contributed by atoms with E-state index in [-0.39, 0.29) is 12.0 Å². The lowest BCUT2D eigenvalue weighted by Gasteiger charge is -2.31. The summed E-state index contributed by atoms with van der Waals surface area (Å²) in [7, 11) is 0. The molecule has 1 saturated heterocycles. The summed E-state index contributed by atoms with van der Waals surface area (Å²) in [6, 6.07) is 12.0. The number of nitrogens with two attached hydrogens (primary N) is 1. The van der Waals surface area contributed by atoms with Gasteiger partial charge in [-0.05, 0) is 29.9 Å². The normalized spacial score (nSPS) is 15.9. The second-order valence-electron chi connectivity index (χ2n) is 5.49. The molecule has 1 aliphatic rings. The molecule has 116 valence electrons. The third-order valence-electron chi connectivity index (χ3n) is 3.95. The summed E-state index contributed by atoms with van der Waals surface area (Å²) < 4.78 is 5.95. The van der Waals surface area contributed by atoms with Crippen LogP contribution in [0.3, 0.4) is 0 Å². The molecule has 2 aromatic rings. The van der Waals surface area contributed by atoms with Gasteiger partial charge in [-0.15, -0.1) is 11.3 Å². The number of anilines is 1. The van der Waals surface area contributed by atoms with E-state index in [0.717, 1.165) is 25.9 Å². The summed E-state index contributed by atoms with van der Waals surface area (Å²) in [5.41, 5.74) is 7.59. The molecular weight excluding hydrogens is 296 g/mol. The molecule has 5 heteroatoms. The molecule has 0 spiro atoms. The van der Waals surface area contributed by atoms with Gasteiger partial charge >= 0.3 is 0 Å². The molecule has 1 aromatic heterocycles. The number of nitrogen functional groups attached to an aromatic ring is 1. The fraction of sp³-hybridized carbons (Fsp3) is 0.353. The van der Waals surface area contributed by atoms with E-state index < -0.39 is 0 Å². The molecule has 1 aliphatic heterocycles. The van der Waals surface area contributed by atoms with Gasteiger partial charge in [0.05, 0.1) is 18.4 Å². The van der Waals surface area contributed by atoms with Gasteiger partial charge in [-0.3, -0.25) is 4.79 Å². The molecule has 3 rings (SSSR count). The number of hydrogen-bond acceptors (Lipinski definition) is 4. The number of thiophene rings is 1. The molecule has 1 fully saturated rings. The number of likely N-dealkylation sites (tertiary alicyclic amines) is 1. The average molecular weight is 316 g/mol. The van der Waals surface area contributed by atoms with Crippen LogP contribution in [0.5, 0.6) is 0 Å². The minimum absolute atomic E-state index is 0.0500. The first kappa shape index (κ1) is 15.1. The maximum absolute atomic E-state index is 12.4. The van der Waals surface area contributed by atoms with Crippen molar-refractivity contribution < 1.29 is 9.53 Å². The zero-order valence-corrected chi connectivity index (χ0v) is 13.2. The second-order valence-corrected chi connectivity index (χ2v) is 6.41. The average Bonchev–Trinajstić information content (AvgIpc) is 3.00. The monoisotopic (exact) mass is 316 g/mol. The summed E-state index contributed by atoms with van der Waals surface area (Å²) in [6.45, 7) is 2.10. The molecule has 0 atom stereocenters. The third-order valence-corrected chi connectivity index (χ3v) is 4.87. The topological polar surface area (TPSA) is 55.6 Å². The van der Waals surface area contributed by atoms with Crippen LogP contribution in [0.25, 0.3) is 0 Å². The van der Waals surface area contributed by atoms with E-state index in [0.29, 0.717) is 17.2 Å². The minimum Gasteiger partial charge on any atom is -0.397 e. The van der Waals surface area contributed by atoms with Crippen molar-refractivity contribution in [1.29, 1.82) is 0 Å². The van der Waals surface area contributed by atoms with Crippen molar-refractivity contribution in [2.45, 2.75) is 25.6 Å². The van der Waals surface area contributed by atoms with Crippen molar-refractivity contribution in [3.05, 3.63) is 52.2 Å². The lowest BCUT2D eigenvalue weighted by atomic mass is 10.1. The Labute approximate surface area is 134 Å². The number of nitrogens with zero attached hydrogens (tertiary/aromatic N) is 1. The van der Waals surface area contributed by atoms with Gasteiger partial charge in [0, 0.05) is 13.1 Å². The molecule has 2 N–H and O–H groups in total. The Morgan fingerprint density at radius 3 is 2.59 bits per heavy atom. The van der Waals surface area contributed by atoms with Gasteiger partial charge in [-0.25, -0.2) is 0 Å². The summed E-state index contributed by atoms with van der Waals surface area (Å²) >= 11 is 1.41. The lowest BCUT2D eigenvalue weighted by molar-refractivity contribution is -0.000247. The predicted molar refractivity (Wildman–Crippen MR) is 88.9 cm³/mol. The fourth-order valence-corrected chi connectivity index (χ4v) is 3.44. The number of piperidine rings is 1. The smallest absolute Gasteiger partial charge is 0.266 e. The van der Waals surface area contributed by atoms with Crippen LogP contribution >= 0.6 is 11.3 Å². The molecule has 0 bridgehead atoms. The standard InChI is InChI=1S/C17H20N2O2S/c18-15-8-11-22-16(15)17(20)19-9-6-14(7-10-19)21-12-13-4-2-1-3-5-13/h1-5,8,11,14H,6-7,9-10,12,18H2. The Balaban J connectivity index is 1.48. The fourth-order valence-electron chi connectivity index (χ4n) is 2.65. The van der Waals surface area contributed by atoms with Crippen LogP contribution in [-0.4, -0.2) is 30.0 Å². The van der Waals surface area contributed by atoms with E-state index in [1.807, 2.05) is 28.5 Å². The number of ether oxygens (including phenoxy) is 1. The van der Waals surface area contributed by atoms with Crippen molar-refractivity contribution in [3.63, 3.8) is 0 Å². The predicted octanol–water partition coefficient (Wildman–Crippen LogP) is 3.15. The quantitative estimate of drug-likeness (QED) is 0.942. The Bertz CT molecular complexity index is 619. The van der Waals surface area contributed by atoms with Gasteiger partial charge in [-0.2, -0.15) is 0 Å². The molecule has 1 aromatic carbocycles. The summed E-state index contributed by atoms with van der Waals surface area (Å²) in [5.74, 6) is 0.0500. The molecular formula is C17H20N2O2S. The van der Waals surface area contributed by atoms with Crippen LogP contribution in [0.15, 0.2) is 41.8 Å². The van der Waals surface area contributed by atoms with E-state index in [2.05, 4.69) is 12.1 Å². The highest BCUT2D eigenvalue weighted by molar-refractivity contribution is 7.12. The zero-order chi connectivity index (χ0) is 15.4. The maximum Gasteiger partial charge on any atom is 0.266 e. The van der Waals surface area contributed by atoms with E-state index in [1.165, 1.54) is 16.9 Å². The molecule has 2 heterocycles. The first-order valence-corrected chi connectivity index (χ1v) is 8.40. The lowest BCUT2D eigenvalue weighted by Crippen LogP contribution is -2.40. The van der Waals surface area contributed by atoms with Crippen molar-refractivity contribution in [3.8, 4) is 0 Å². The zero-order valence-electron chi connectivity index (χ0n) is 12.4. The first-order chi connectivity index (χ1) is 10.7. The highest BCUT2D eigenvalue weighted by atomic mass is 32.1. The summed E-state index contributed by atoms with van der Waals surface area (Å²) in [4.78, 5) is 14.9. The molecule has 1 amide bonds. The second kappa shape index (κ2) is 6.94. The van der Waals surface area contributed by atoms with Gasteiger partial charge in [0.2, 0.25) is 0 Å². The van der Waals surface area contributed by atoms with E-state index in [4.69, 9.17) is 10.5 Å². The molecule has 22 heavy (non-hydrogen) atoms. The molecule has 0 radical (unpaired) electrons. The van der Waals surface area contributed by atoms with Crippen molar-refractivity contribution in [2.75, 3.05) is 18.8 Å². The van der Waals surface area contributed by atoms with Gasteiger partial charge in [0.1, 0.15) is 4.88 Å². The largest absolute Gasteiger partial charge is 0.397 e. The van der Waals surface area contributed by atoms with Gasteiger partial charge in [-0.1, -0.05) is 30.3 Å². The number of benzene rings is 1. The van der Waals surface area contributed by atoms with Gasteiger partial charge in [0.15, 0.2) is 0 Å². The van der Waals surface area contributed by atoms with Crippen molar-refractivity contribution in [1.82, 2.24) is 4.90 Å². The molecule has 0 saturated carbocycles. The molecule has 0 aliphatic carbocycles. The highest BCUT2D eigenvalue weighted by Gasteiger charge is 2.25. The number of carbonyl (C=O) groups is 1. The van der Waals surface area contributed by atoms with Crippen LogP contribution in [0.2, 0.25) is 0 Å².